The number of hydrogen-bond donors (Lipinski definition) is 2. The van der Waals surface area contributed by atoms with Crippen molar-refractivity contribution in [3.8, 4) is 5.75 Å². The van der Waals surface area contributed by atoms with Crippen molar-refractivity contribution in [2.75, 3.05) is 18.5 Å². The van der Waals surface area contributed by atoms with Crippen LogP contribution in [0.3, 0.4) is 0 Å². The van der Waals surface area contributed by atoms with Gasteiger partial charge < -0.3 is 15.0 Å². The van der Waals surface area contributed by atoms with Crippen molar-refractivity contribution < 1.29 is 4.74 Å². The maximum atomic E-state index is 5.67. The van der Waals surface area contributed by atoms with Gasteiger partial charge in [0.2, 0.25) is 0 Å². The van der Waals surface area contributed by atoms with Gasteiger partial charge in [-0.15, -0.1) is 0 Å². The minimum absolute atomic E-state index is 0.559. The topological polar surface area (TPSA) is 75.7 Å². The molecule has 2 heterocycles. The van der Waals surface area contributed by atoms with E-state index in [4.69, 9.17) is 4.74 Å². The molecule has 0 aliphatic heterocycles. The molecule has 0 radical (unpaired) electrons. The quantitative estimate of drug-likeness (QED) is 0.694. The zero-order chi connectivity index (χ0) is 13.8. The lowest BCUT2D eigenvalue weighted by molar-refractivity contribution is 0.332. The number of imidazole rings is 1. The van der Waals surface area contributed by atoms with Gasteiger partial charge in [0.15, 0.2) is 11.5 Å². The van der Waals surface area contributed by atoms with Gasteiger partial charge in [-0.25, -0.2) is 15.0 Å². The van der Waals surface area contributed by atoms with Crippen LogP contribution in [0.2, 0.25) is 0 Å². The number of anilines is 1. The molecule has 102 valence electrons. The fourth-order valence-corrected chi connectivity index (χ4v) is 1.94. The SMILES string of the molecule is Cc1cccc(OCCNc2ncnc3nc[nH]c23)c1. The lowest BCUT2D eigenvalue weighted by Crippen LogP contribution is -2.12. The summed E-state index contributed by atoms with van der Waals surface area (Å²) in [5.74, 6) is 1.61. The molecule has 0 amide bonds. The second-order valence-electron chi connectivity index (χ2n) is 4.42. The first-order valence-electron chi connectivity index (χ1n) is 6.40. The number of nitrogens with zero attached hydrogens (tertiary/aromatic N) is 3. The van der Waals surface area contributed by atoms with Gasteiger partial charge in [-0.3, -0.25) is 0 Å². The Hall–Kier alpha value is -2.63. The highest BCUT2D eigenvalue weighted by Crippen LogP contribution is 2.14. The van der Waals surface area contributed by atoms with Gasteiger partial charge >= 0.3 is 0 Å². The zero-order valence-electron chi connectivity index (χ0n) is 11.1. The van der Waals surface area contributed by atoms with Crippen molar-refractivity contribution in [1.82, 2.24) is 19.9 Å². The van der Waals surface area contributed by atoms with Gasteiger partial charge in [-0.05, 0) is 24.6 Å². The van der Waals surface area contributed by atoms with E-state index in [9.17, 15) is 0 Å². The molecule has 0 spiro atoms. The largest absolute Gasteiger partial charge is 0.492 e. The summed E-state index contributed by atoms with van der Waals surface area (Å²) in [4.78, 5) is 15.4. The van der Waals surface area contributed by atoms with Crippen molar-refractivity contribution in [2.24, 2.45) is 0 Å². The number of aromatic amines is 1. The molecule has 0 bridgehead atoms. The van der Waals surface area contributed by atoms with Crippen LogP contribution in [0.1, 0.15) is 5.56 Å². The minimum atomic E-state index is 0.559. The molecule has 6 heteroatoms. The standard InChI is InChI=1S/C14H15N5O/c1-10-3-2-4-11(7-10)20-6-5-15-13-12-14(17-8-16-12)19-9-18-13/h2-4,7-9H,5-6H2,1H3,(H2,15,16,17,18,19). The number of rotatable bonds is 5. The second kappa shape index (κ2) is 5.56. The van der Waals surface area contributed by atoms with Gasteiger partial charge in [-0.1, -0.05) is 12.1 Å². The number of fused-ring (bicyclic) bond motifs is 1. The molecule has 1 aromatic carbocycles. The third-order valence-corrected chi connectivity index (χ3v) is 2.88. The monoisotopic (exact) mass is 269 g/mol. The van der Waals surface area contributed by atoms with E-state index in [1.807, 2.05) is 31.2 Å². The molecular weight excluding hydrogens is 254 g/mol. The van der Waals surface area contributed by atoms with Crippen LogP contribution in [0.25, 0.3) is 11.2 Å². The van der Waals surface area contributed by atoms with Crippen molar-refractivity contribution >= 4 is 17.0 Å². The van der Waals surface area contributed by atoms with E-state index < -0.39 is 0 Å². The summed E-state index contributed by atoms with van der Waals surface area (Å²) in [6, 6.07) is 7.99. The average molecular weight is 269 g/mol. The zero-order valence-corrected chi connectivity index (χ0v) is 11.1. The molecule has 2 aromatic heterocycles. The minimum Gasteiger partial charge on any atom is -0.492 e. The van der Waals surface area contributed by atoms with Crippen LogP contribution < -0.4 is 10.1 Å². The van der Waals surface area contributed by atoms with Crippen molar-refractivity contribution in [2.45, 2.75) is 6.92 Å². The highest BCUT2D eigenvalue weighted by molar-refractivity contribution is 5.81. The van der Waals surface area contributed by atoms with Crippen molar-refractivity contribution in [3.05, 3.63) is 42.5 Å². The Balaban J connectivity index is 1.56. The molecule has 20 heavy (non-hydrogen) atoms. The van der Waals surface area contributed by atoms with Crippen LogP contribution in [-0.4, -0.2) is 33.1 Å². The summed E-state index contributed by atoms with van der Waals surface area (Å²) < 4.78 is 5.67. The van der Waals surface area contributed by atoms with E-state index in [1.165, 1.54) is 11.9 Å². The number of benzene rings is 1. The molecule has 3 aromatic rings. The van der Waals surface area contributed by atoms with E-state index in [2.05, 4.69) is 25.3 Å². The molecule has 0 saturated heterocycles. The number of aryl methyl sites for hydroxylation is 1. The Morgan fingerprint density at radius 1 is 1.25 bits per heavy atom. The van der Waals surface area contributed by atoms with Gasteiger partial charge in [0, 0.05) is 0 Å². The second-order valence-corrected chi connectivity index (χ2v) is 4.42. The fraction of sp³-hybridized carbons (Fsp3) is 0.214. The van der Waals surface area contributed by atoms with Crippen LogP contribution >= 0.6 is 0 Å². The Bertz CT molecular complexity index is 709. The van der Waals surface area contributed by atoms with Crippen LogP contribution in [0.4, 0.5) is 5.82 Å². The number of H-pyrrole nitrogens is 1. The highest BCUT2D eigenvalue weighted by Gasteiger charge is 2.04. The first-order chi connectivity index (χ1) is 9.83. The third-order valence-electron chi connectivity index (χ3n) is 2.88. The van der Waals surface area contributed by atoms with Crippen LogP contribution in [0.5, 0.6) is 5.75 Å². The normalized spacial score (nSPS) is 10.7. The van der Waals surface area contributed by atoms with Crippen molar-refractivity contribution in [3.63, 3.8) is 0 Å². The van der Waals surface area contributed by atoms with Crippen LogP contribution in [0.15, 0.2) is 36.9 Å². The van der Waals surface area contributed by atoms with E-state index >= 15 is 0 Å². The molecule has 0 atom stereocenters. The molecule has 0 aliphatic carbocycles. The van der Waals surface area contributed by atoms with Crippen LogP contribution in [-0.2, 0) is 0 Å². The van der Waals surface area contributed by atoms with E-state index in [-0.39, 0.29) is 0 Å². The molecular formula is C14H15N5O. The summed E-state index contributed by atoms with van der Waals surface area (Å²) in [6.07, 6.45) is 3.10. The fourth-order valence-electron chi connectivity index (χ4n) is 1.94. The summed E-state index contributed by atoms with van der Waals surface area (Å²) in [7, 11) is 0. The number of nitrogens with one attached hydrogen (secondary N) is 2. The first kappa shape index (κ1) is 12.4. The summed E-state index contributed by atoms with van der Waals surface area (Å²) in [5, 5.41) is 3.21. The van der Waals surface area contributed by atoms with Gasteiger partial charge in [0.05, 0.1) is 12.9 Å². The smallest absolute Gasteiger partial charge is 0.182 e. The molecule has 0 unspecified atom stereocenters. The van der Waals surface area contributed by atoms with E-state index in [0.717, 1.165) is 17.1 Å². The lowest BCUT2D eigenvalue weighted by Gasteiger charge is -2.08. The maximum absolute atomic E-state index is 5.67. The Morgan fingerprint density at radius 2 is 2.20 bits per heavy atom. The number of hydrogen-bond acceptors (Lipinski definition) is 5. The van der Waals surface area contributed by atoms with Crippen LogP contribution in [0, 0.1) is 6.92 Å². The molecule has 0 saturated carbocycles. The predicted octanol–water partition coefficient (Wildman–Crippen LogP) is 2.15. The van der Waals surface area contributed by atoms with Gasteiger partial charge in [0.1, 0.15) is 24.2 Å². The lowest BCUT2D eigenvalue weighted by atomic mass is 10.2. The summed E-state index contributed by atoms with van der Waals surface area (Å²) >= 11 is 0. The Morgan fingerprint density at radius 3 is 3.10 bits per heavy atom. The van der Waals surface area contributed by atoms with Crippen molar-refractivity contribution in [1.29, 1.82) is 0 Å². The van der Waals surface area contributed by atoms with Gasteiger partial charge in [0.25, 0.3) is 0 Å². The molecule has 3 rings (SSSR count). The Labute approximate surface area is 116 Å². The number of ether oxygens (including phenoxy) is 1. The van der Waals surface area contributed by atoms with E-state index in [0.29, 0.717) is 18.8 Å². The summed E-state index contributed by atoms with van der Waals surface area (Å²) in [6.45, 7) is 3.25. The first-order valence-corrected chi connectivity index (χ1v) is 6.40. The predicted molar refractivity (Wildman–Crippen MR) is 76.8 cm³/mol. The molecule has 0 fully saturated rings. The third kappa shape index (κ3) is 2.69. The molecule has 2 N–H and O–H groups in total. The Kier molecular flexibility index (Phi) is 3.45. The summed E-state index contributed by atoms with van der Waals surface area (Å²) in [5.41, 5.74) is 2.65. The molecule has 0 aliphatic rings. The molecule has 6 nitrogen and oxygen atoms in total. The number of aromatic nitrogens is 4. The maximum Gasteiger partial charge on any atom is 0.182 e. The highest BCUT2D eigenvalue weighted by atomic mass is 16.5. The van der Waals surface area contributed by atoms with Gasteiger partial charge in [-0.2, -0.15) is 0 Å². The average Bonchev–Trinajstić information content (AvgIpc) is 2.93. The van der Waals surface area contributed by atoms with E-state index in [1.54, 1.807) is 6.33 Å².